The number of rotatable bonds is 7. The highest BCUT2D eigenvalue weighted by Crippen LogP contribution is 2.26. The van der Waals surface area contributed by atoms with Crippen LogP contribution >= 0.6 is 0 Å². The lowest BCUT2D eigenvalue weighted by molar-refractivity contribution is -0.124. The van der Waals surface area contributed by atoms with Crippen LogP contribution in [0.5, 0.6) is 0 Å². The van der Waals surface area contributed by atoms with Gasteiger partial charge in [-0.25, -0.2) is 0 Å². The standard InChI is InChI=1S/C16H24N2O/c17-9-5-1-2-6-10-18-16(19)15-11-13-7-3-4-8-14(13)12-15/h3-4,7-8,15H,1-2,5-6,9-12,17H2,(H,18,19). The normalized spacial score (nSPS) is 14.4. The monoisotopic (exact) mass is 260 g/mol. The van der Waals surface area contributed by atoms with E-state index in [2.05, 4.69) is 29.6 Å². The van der Waals surface area contributed by atoms with Crippen LogP contribution in [-0.4, -0.2) is 19.0 Å². The smallest absolute Gasteiger partial charge is 0.223 e. The van der Waals surface area contributed by atoms with Crippen LogP contribution < -0.4 is 11.1 Å². The largest absolute Gasteiger partial charge is 0.356 e. The molecule has 1 aromatic carbocycles. The Balaban J connectivity index is 1.66. The molecule has 3 nitrogen and oxygen atoms in total. The third kappa shape index (κ3) is 4.06. The molecule has 1 amide bonds. The maximum absolute atomic E-state index is 12.1. The van der Waals surface area contributed by atoms with Gasteiger partial charge in [-0.2, -0.15) is 0 Å². The van der Waals surface area contributed by atoms with E-state index in [0.717, 1.165) is 45.2 Å². The van der Waals surface area contributed by atoms with E-state index in [-0.39, 0.29) is 11.8 Å². The third-order valence-electron chi connectivity index (χ3n) is 3.85. The first-order valence-corrected chi connectivity index (χ1v) is 7.36. The molecule has 3 N–H and O–H groups in total. The van der Waals surface area contributed by atoms with Crippen LogP contribution in [0.3, 0.4) is 0 Å². The molecule has 0 aliphatic heterocycles. The minimum atomic E-state index is 0.140. The Morgan fingerprint density at radius 1 is 1.11 bits per heavy atom. The molecule has 1 aliphatic carbocycles. The molecule has 0 saturated carbocycles. The van der Waals surface area contributed by atoms with Gasteiger partial charge in [0.15, 0.2) is 0 Å². The molecule has 1 aromatic rings. The van der Waals surface area contributed by atoms with Crippen molar-refractivity contribution in [3.8, 4) is 0 Å². The lowest BCUT2D eigenvalue weighted by atomic mass is 10.1. The molecule has 0 fully saturated rings. The van der Waals surface area contributed by atoms with Crippen LogP contribution in [0.25, 0.3) is 0 Å². The van der Waals surface area contributed by atoms with Crippen molar-refractivity contribution < 1.29 is 4.79 Å². The van der Waals surface area contributed by atoms with E-state index in [1.54, 1.807) is 0 Å². The number of amides is 1. The predicted octanol–water partition coefficient (Wildman–Crippen LogP) is 2.04. The Morgan fingerprint density at radius 2 is 1.74 bits per heavy atom. The fraction of sp³-hybridized carbons (Fsp3) is 0.562. The highest BCUT2D eigenvalue weighted by Gasteiger charge is 2.26. The van der Waals surface area contributed by atoms with Crippen molar-refractivity contribution in [3.63, 3.8) is 0 Å². The fourth-order valence-electron chi connectivity index (χ4n) is 2.72. The third-order valence-corrected chi connectivity index (χ3v) is 3.85. The average molecular weight is 260 g/mol. The summed E-state index contributed by atoms with van der Waals surface area (Å²) in [6.07, 6.45) is 6.27. The first-order chi connectivity index (χ1) is 9.31. The summed E-state index contributed by atoms with van der Waals surface area (Å²) < 4.78 is 0. The van der Waals surface area contributed by atoms with Crippen LogP contribution in [0.2, 0.25) is 0 Å². The molecular formula is C16H24N2O. The van der Waals surface area contributed by atoms with Gasteiger partial charge in [-0.15, -0.1) is 0 Å². The number of carbonyl (C=O) groups excluding carboxylic acids is 1. The summed E-state index contributed by atoms with van der Waals surface area (Å²) in [5.74, 6) is 0.358. The molecule has 0 bridgehead atoms. The van der Waals surface area contributed by atoms with Crippen LogP contribution in [0.4, 0.5) is 0 Å². The van der Waals surface area contributed by atoms with Gasteiger partial charge >= 0.3 is 0 Å². The quantitative estimate of drug-likeness (QED) is 0.737. The van der Waals surface area contributed by atoms with Crippen LogP contribution in [0.15, 0.2) is 24.3 Å². The van der Waals surface area contributed by atoms with Gasteiger partial charge in [0.05, 0.1) is 0 Å². The molecule has 0 atom stereocenters. The van der Waals surface area contributed by atoms with Gasteiger partial charge in [0, 0.05) is 12.5 Å². The number of nitrogens with two attached hydrogens (primary N) is 1. The Kier molecular flexibility index (Phi) is 5.40. The van der Waals surface area contributed by atoms with Crippen molar-refractivity contribution in [1.29, 1.82) is 0 Å². The SMILES string of the molecule is NCCCCCCNC(=O)C1Cc2ccccc2C1. The highest BCUT2D eigenvalue weighted by molar-refractivity contribution is 5.80. The number of unbranched alkanes of at least 4 members (excludes halogenated alkanes) is 3. The molecule has 104 valence electrons. The molecule has 19 heavy (non-hydrogen) atoms. The Morgan fingerprint density at radius 3 is 2.37 bits per heavy atom. The van der Waals surface area contributed by atoms with Gasteiger partial charge in [-0.3, -0.25) is 4.79 Å². The molecule has 0 saturated heterocycles. The van der Waals surface area contributed by atoms with Gasteiger partial charge in [0.2, 0.25) is 5.91 Å². The van der Waals surface area contributed by atoms with Crippen molar-refractivity contribution in [2.24, 2.45) is 11.7 Å². The van der Waals surface area contributed by atoms with E-state index in [9.17, 15) is 4.79 Å². The molecule has 0 spiro atoms. The van der Waals surface area contributed by atoms with Crippen molar-refractivity contribution in [3.05, 3.63) is 35.4 Å². The van der Waals surface area contributed by atoms with Crippen molar-refractivity contribution in [2.75, 3.05) is 13.1 Å². The van der Waals surface area contributed by atoms with E-state index in [1.165, 1.54) is 17.5 Å². The van der Waals surface area contributed by atoms with Crippen LogP contribution in [0.1, 0.15) is 36.8 Å². The van der Waals surface area contributed by atoms with E-state index >= 15 is 0 Å². The van der Waals surface area contributed by atoms with Gasteiger partial charge in [-0.05, 0) is 43.4 Å². The summed E-state index contributed by atoms with van der Waals surface area (Å²) in [5.41, 5.74) is 8.12. The van der Waals surface area contributed by atoms with E-state index in [4.69, 9.17) is 5.73 Å². The Hall–Kier alpha value is -1.35. The maximum atomic E-state index is 12.1. The number of hydrogen-bond donors (Lipinski definition) is 2. The van der Waals surface area contributed by atoms with Gasteiger partial charge in [0.25, 0.3) is 0 Å². The van der Waals surface area contributed by atoms with Gasteiger partial charge in [0.1, 0.15) is 0 Å². The van der Waals surface area contributed by atoms with Crippen LogP contribution in [-0.2, 0) is 17.6 Å². The lowest BCUT2D eigenvalue weighted by Crippen LogP contribution is -2.31. The van der Waals surface area contributed by atoms with Gasteiger partial charge < -0.3 is 11.1 Å². The first-order valence-electron chi connectivity index (χ1n) is 7.36. The molecule has 0 heterocycles. The average Bonchev–Trinajstić information content (AvgIpc) is 2.86. The lowest BCUT2D eigenvalue weighted by Gasteiger charge is -2.10. The van der Waals surface area contributed by atoms with E-state index in [0.29, 0.717) is 0 Å². The number of benzene rings is 1. The first kappa shape index (κ1) is 14.1. The van der Waals surface area contributed by atoms with Crippen LogP contribution in [0, 0.1) is 5.92 Å². The second-order valence-electron chi connectivity index (χ2n) is 5.37. The topological polar surface area (TPSA) is 55.1 Å². The second-order valence-corrected chi connectivity index (χ2v) is 5.37. The number of hydrogen-bond acceptors (Lipinski definition) is 2. The summed E-state index contributed by atoms with van der Waals surface area (Å²) in [6, 6.07) is 8.37. The molecule has 0 radical (unpaired) electrons. The van der Waals surface area contributed by atoms with E-state index < -0.39 is 0 Å². The summed E-state index contributed by atoms with van der Waals surface area (Å²) in [6.45, 7) is 1.57. The van der Waals surface area contributed by atoms with E-state index in [1.807, 2.05) is 0 Å². The Bertz CT molecular complexity index is 392. The minimum Gasteiger partial charge on any atom is -0.356 e. The zero-order chi connectivity index (χ0) is 13.5. The summed E-state index contributed by atoms with van der Waals surface area (Å²) in [4.78, 5) is 12.1. The summed E-state index contributed by atoms with van der Waals surface area (Å²) in [7, 11) is 0. The zero-order valence-electron chi connectivity index (χ0n) is 11.5. The van der Waals surface area contributed by atoms with Crippen molar-refractivity contribution >= 4 is 5.91 Å². The zero-order valence-corrected chi connectivity index (χ0v) is 11.5. The highest BCUT2D eigenvalue weighted by atomic mass is 16.1. The molecule has 0 aromatic heterocycles. The fourth-order valence-corrected chi connectivity index (χ4v) is 2.72. The number of nitrogens with one attached hydrogen (secondary N) is 1. The molecule has 1 aliphatic rings. The molecule has 2 rings (SSSR count). The minimum absolute atomic E-state index is 0.140. The number of carbonyl (C=O) groups is 1. The number of fused-ring (bicyclic) bond motifs is 1. The molecule has 0 unspecified atom stereocenters. The maximum Gasteiger partial charge on any atom is 0.223 e. The summed E-state index contributed by atoms with van der Waals surface area (Å²) >= 11 is 0. The summed E-state index contributed by atoms with van der Waals surface area (Å²) in [5, 5.41) is 3.07. The second kappa shape index (κ2) is 7.29. The Labute approximate surface area is 115 Å². The van der Waals surface area contributed by atoms with Crippen molar-refractivity contribution in [1.82, 2.24) is 5.32 Å². The predicted molar refractivity (Wildman–Crippen MR) is 77.9 cm³/mol. The molecule has 3 heteroatoms. The van der Waals surface area contributed by atoms with Gasteiger partial charge in [-0.1, -0.05) is 37.1 Å². The van der Waals surface area contributed by atoms with Crippen molar-refractivity contribution in [2.45, 2.75) is 38.5 Å². The molecular weight excluding hydrogens is 236 g/mol.